The lowest BCUT2D eigenvalue weighted by atomic mass is 9.94. The number of benzene rings is 2. The predicted molar refractivity (Wildman–Crippen MR) is 125 cm³/mol. The summed E-state index contributed by atoms with van der Waals surface area (Å²) < 4.78 is 27.2. The molecule has 6 heteroatoms. The van der Waals surface area contributed by atoms with Gasteiger partial charge in [-0.2, -0.15) is 0 Å². The molecule has 0 saturated carbocycles. The van der Waals surface area contributed by atoms with Crippen molar-refractivity contribution in [2.24, 2.45) is 5.92 Å². The van der Waals surface area contributed by atoms with Gasteiger partial charge in [0.1, 0.15) is 0 Å². The normalized spacial score (nSPS) is 16.8. The fraction of sp³-hybridized carbons (Fsp3) is 0.480. The van der Waals surface area contributed by atoms with E-state index in [0.717, 1.165) is 16.7 Å². The Balaban J connectivity index is 1.57. The molecule has 3 rings (SSSR count). The summed E-state index contributed by atoms with van der Waals surface area (Å²) >= 11 is 0. The molecule has 2 aromatic carbocycles. The number of nitrogens with zero attached hydrogens (tertiary/aromatic N) is 1. The van der Waals surface area contributed by atoms with Crippen LogP contribution in [0.1, 0.15) is 59.2 Å². The average Bonchev–Trinajstić information content (AvgIpc) is 2.70. The molecule has 1 aliphatic heterocycles. The maximum absolute atomic E-state index is 12.9. The van der Waals surface area contributed by atoms with Gasteiger partial charge in [0.2, 0.25) is 15.9 Å². The molecule has 1 unspecified atom stereocenters. The topological polar surface area (TPSA) is 66.5 Å². The van der Waals surface area contributed by atoms with Crippen molar-refractivity contribution < 1.29 is 13.2 Å². The zero-order valence-electron chi connectivity index (χ0n) is 19.2. The summed E-state index contributed by atoms with van der Waals surface area (Å²) in [7, 11) is -3.38. The summed E-state index contributed by atoms with van der Waals surface area (Å²) in [5, 5.41) is 3.15. The Bertz CT molecular complexity index is 1050. The molecule has 1 saturated heterocycles. The predicted octanol–water partition coefficient (Wildman–Crippen LogP) is 4.34. The van der Waals surface area contributed by atoms with Gasteiger partial charge in [-0.1, -0.05) is 42.0 Å². The Morgan fingerprint density at radius 3 is 2.32 bits per heavy atom. The number of piperidine rings is 1. The van der Waals surface area contributed by atoms with Gasteiger partial charge in [-0.25, -0.2) is 12.7 Å². The van der Waals surface area contributed by atoms with Gasteiger partial charge >= 0.3 is 0 Å². The highest BCUT2D eigenvalue weighted by molar-refractivity contribution is 7.88. The molecule has 0 radical (unpaired) electrons. The second-order valence-electron chi connectivity index (χ2n) is 8.94. The van der Waals surface area contributed by atoms with E-state index in [9.17, 15) is 13.2 Å². The molecule has 1 N–H and O–H groups in total. The number of carbonyl (C=O) groups is 1. The number of aryl methyl sites for hydroxylation is 4. The van der Waals surface area contributed by atoms with Crippen LogP contribution in [0.3, 0.4) is 0 Å². The van der Waals surface area contributed by atoms with Gasteiger partial charge in [-0.05, 0) is 75.3 Å². The van der Waals surface area contributed by atoms with Crippen LogP contribution >= 0.6 is 0 Å². The number of rotatable bonds is 6. The second kappa shape index (κ2) is 9.53. The maximum Gasteiger partial charge on any atom is 0.223 e. The zero-order valence-corrected chi connectivity index (χ0v) is 20.1. The minimum absolute atomic E-state index is 0.00856. The Hall–Kier alpha value is -2.18. The van der Waals surface area contributed by atoms with Crippen LogP contribution in [0.2, 0.25) is 0 Å². The number of hydrogen-bond donors (Lipinski definition) is 1. The van der Waals surface area contributed by atoms with Gasteiger partial charge in [-0.3, -0.25) is 4.79 Å². The van der Waals surface area contributed by atoms with Crippen molar-refractivity contribution in [3.63, 3.8) is 0 Å². The summed E-state index contributed by atoms with van der Waals surface area (Å²) in [4.78, 5) is 12.9. The quantitative estimate of drug-likeness (QED) is 0.724. The summed E-state index contributed by atoms with van der Waals surface area (Å²) in [6.07, 6.45) is 1.11. The van der Waals surface area contributed by atoms with Gasteiger partial charge in [0.25, 0.3) is 0 Å². The van der Waals surface area contributed by atoms with E-state index in [2.05, 4.69) is 38.2 Å². The van der Waals surface area contributed by atoms with E-state index in [0.29, 0.717) is 25.9 Å². The summed E-state index contributed by atoms with van der Waals surface area (Å²) in [5.74, 6) is -0.130. The molecule has 1 amide bonds. The molecule has 168 valence electrons. The monoisotopic (exact) mass is 442 g/mol. The van der Waals surface area contributed by atoms with Gasteiger partial charge in [-0.15, -0.1) is 0 Å². The van der Waals surface area contributed by atoms with Gasteiger partial charge in [0.05, 0.1) is 11.8 Å². The highest BCUT2D eigenvalue weighted by Crippen LogP contribution is 2.25. The fourth-order valence-electron chi connectivity index (χ4n) is 4.36. The Morgan fingerprint density at radius 1 is 1.03 bits per heavy atom. The average molecular weight is 443 g/mol. The van der Waals surface area contributed by atoms with Gasteiger partial charge in [0, 0.05) is 19.0 Å². The van der Waals surface area contributed by atoms with Crippen LogP contribution in [-0.4, -0.2) is 31.7 Å². The first-order chi connectivity index (χ1) is 14.6. The largest absolute Gasteiger partial charge is 0.349 e. The molecule has 0 bridgehead atoms. The van der Waals surface area contributed by atoms with Crippen molar-refractivity contribution >= 4 is 15.9 Å². The SMILES string of the molecule is Cc1cccc(CS(=O)(=O)N2CCC(C(=O)NC(C)c3cc(C)c(C)cc3C)CC2)c1. The van der Waals surface area contributed by atoms with E-state index in [1.165, 1.54) is 21.0 Å². The van der Waals surface area contributed by atoms with E-state index in [1.807, 2.05) is 38.1 Å². The minimum Gasteiger partial charge on any atom is -0.349 e. The first-order valence-electron chi connectivity index (χ1n) is 11.0. The molecule has 1 heterocycles. The van der Waals surface area contributed by atoms with Crippen molar-refractivity contribution in [1.82, 2.24) is 9.62 Å². The highest BCUT2D eigenvalue weighted by atomic mass is 32.2. The third-order valence-corrected chi connectivity index (χ3v) is 8.21. The third-order valence-electron chi connectivity index (χ3n) is 6.36. The molecule has 1 aliphatic rings. The van der Waals surface area contributed by atoms with Crippen LogP contribution in [-0.2, 0) is 20.6 Å². The van der Waals surface area contributed by atoms with Crippen LogP contribution in [0, 0.1) is 33.6 Å². The maximum atomic E-state index is 12.9. The summed E-state index contributed by atoms with van der Waals surface area (Å²) in [6, 6.07) is 11.8. The van der Waals surface area contributed by atoms with Crippen molar-refractivity contribution in [3.8, 4) is 0 Å². The molecule has 2 aromatic rings. The minimum atomic E-state index is -3.38. The van der Waals surface area contributed by atoms with Crippen LogP contribution in [0.25, 0.3) is 0 Å². The van der Waals surface area contributed by atoms with E-state index < -0.39 is 10.0 Å². The molecule has 0 aliphatic carbocycles. The number of hydrogen-bond acceptors (Lipinski definition) is 3. The fourth-order valence-corrected chi connectivity index (χ4v) is 5.91. The van der Waals surface area contributed by atoms with Gasteiger partial charge in [0.15, 0.2) is 0 Å². The second-order valence-corrected chi connectivity index (χ2v) is 10.9. The van der Waals surface area contributed by atoms with Crippen molar-refractivity contribution in [3.05, 3.63) is 69.8 Å². The first kappa shape index (κ1) is 23.5. The number of amides is 1. The van der Waals surface area contributed by atoms with Crippen LogP contribution in [0.15, 0.2) is 36.4 Å². The van der Waals surface area contributed by atoms with Crippen LogP contribution < -0.4 is 5.32 Å². The zero-order chi connectivity index (χ0) is 22.8. The molecular formula is C25H34N2O3S. The molecule has 0 aromatic heterocycles. The van der Waals surface area contributed by atoms with E-state index >= 15 is 0 Å². The molecule has 1 atom stereocenters. The number of carbonyl (C=O) groups excluding carboxylic acids is 1. The van der Waals surface area contributed by atoms with Crippen molar-refractivity contribution in [2.75, 3.05) is 13.1 Å². The first-order valence-corrected chi connectivity index (χ1v) is 12.6. The Morgan fingerprint density at radius 2 is 1.68 bits per heavy atom. The Labute approximate surface area is 186 Å². The number of sulfonamides is 1. The Kier molecular flexibility index (Phi) is 7.22. The highest BCUT2D eigenvalue weighted by Gasteiger charge is 2.31. The standard InChI is InChI=1S/C25H34N2O3S/c1-17-7-6-8-22(13-17)16-31(29,30)27-11-9-23(10-12-27)25(28)26-21(5)24-15-19(3)18(2)14-20(24)4/h6-8,13-15,21,23H,9-12,16H2,1-5H3,(H,26,28). The van der Waals surface area contributed by atoms with Gasteiger partial charge < -0.3 is 5.32 Å². The number of nitrogens with one attached hydrogen (secondary N) is 1. The van der Waals surface area contributed by atoms with Crippen molar-refractivity contribution in [2.45, 2.75) is 59.3 Å². The molecular weight excluding hydrogens is 408 g/mol. The van der Waals surface area contributed by atoms with Crippen LogP contribution in [0.4, 0.5) is 0 Å². The lowest BCUT2D eigenvalue weighted by Gasteiger charge is -2.31. The summed E-state index contributed by atoms with van der Waals surface area (Å²) in [6.45, 7) is 11.0. The molecule has 1 fully saturated rings. The lowest BCUT2D eigenvalue weighted by Crippen LogP contribution is -2.43. The van der Waals surface area contributed by atoms with E-state index in [4.69, 9.17) is 0 Å². The van der Waals surface area contributed by atoms with Crippen LogP contribution in [0.5, 0.6) is 0 Å². The third kappa shape index (κ3) is 5.74. The smallest absolute Gasteiger partial charge is 0.223 e. The molecule has 5 nitrogen and oxygen atoms in total. The van der Waals surface area contributed by atoms with E-state index in [-0.39, 0.29) is 23.6 Å². The molecule has 0 spiro atoms. The molecule has 31 heavy (non-hydrogen) atoms. The lowest BCUT2D eigenvalue weighted by molar-refractivity contribution is -0.126. The van der Waals surface area contributed by atoms with E-state index in [1.54, 1.807) is 0 Å². The van der Waals surface area contributed by atoms with Crippen molar-refractivity contribution in [1.29, 1.82) is 0 Å². The summed E-state index contributed by atoms with van der Waals surface area (Å²) in [5.41, 5.74) is 6.63.